The van der Waals surface area contributed by atoms with Crippen LogP contribution in [0.5, 0.6) is 0 Å². The summed E-state index contributed by atoms with van der Waals surface area (Å²) in [6.07, 6.45) is 6.22. The van der Waals surface area contributed by atoms with Gasteiger partial charge in [-0.2, -0.15) is 0 Å². The van der Waals surface area contributed by atoms with E-state index in [1.165, 1.54) is 47.9 Å². The van der Waals surface area contributed by atoms with Crippen molar-refractivity contribution in [1.29, 1.82) is 0 Å². The molecule has 0 saturated heterocycles. The van der Waals surface area contributed by atoms with E-state index in [4.69, 9.17) is 0 Å². The van der Waals surface area contributed by atoms with Crippen LogP contribution in [-0.4, -0.2) is 0 Å². The molecule has 0 aliphatic rings. The Bertz CT molecular complexity index is 592. The highest BCUT2D eigenvalue weighted by Gasteiger charge is 2.22. The Morgan fingerprint density at radius 2 is 1.41 bits per heavy atom. The molecule has 2 aromatic rings. The van der Waals surface area contributed by atoms with Crippen molar-refractivity contribution in [3.05, 3.63) is 59.7 Å². The smallest absolute Gasteiger partial charge is 0.0100 e. The van der Waals surface area contributed by atoms with Gasteiger partial charge < -0.3 is 0 Å². The number of aryl methyl sites for hydroxylation is 1. The van der Waals surface area contributed by atoms with Crippen molar-refractivity contribution in [3.8, 4) is 11.1 Å². The first kappa shape index (κ1) is 16.8. The van der Waals surface area contributed by atoms with Gasteiger partial charge in [-0.1, -0.05) is 89.1 Å². The quantitative estimate of drug-likeness (QED) is 0.494. The van der Waals surface area contributed by atoms with Gasteiger partial charge in [0.25, 0.3) is 0 Å². The Kier molecular flexibility index (Phi) is 5.83. The van der Waals surface area contributed by atoms with E-state index in [0.717, 1.165) is 6.42 Å². The van der Waals surface area contributed by atoms with Crippen molar-refractivity contribution in [3.63, 3.8) is 0 Å². The molecule has 0 amide bonds. The van der Waals surface area contributed by atoms with Gasteiger partial charge in [-0.3, -0.25) is 0 Å². The van der Waals surface area contributed by atoms with E-state index in [-0.39, 0.29) is 5.41 Å². The third-order valence-electron chi connectivity index (χ3n) is 4.90. The molecule has 0 saturated carbocycles. The Balaban J connectivity index is 2.44. The second kappa shape index (κ2) is 7.63. The molecule has 22 heavy (non-hydrogen) atoms. The first-order chi connectivity index (χ1) is 10.6. The summed E-state index contributed by atoms with van der Waals surface area (Å²) in [6, 6.07) is 17.9. The topological polar surface area (TPSA) is 0 Å². The van der Waals surface area contributed by atoms with Crippen LogP contribution in [0.15, 0.2) is 48.5 Å². The van der Waals surface area contributed by atoms with Gasteiger partial charge in [0.1, 0.15) is 0 Å². The summed E-state index contributed by atoms with van der Waals surface area (Å²) in [7, 11) is 0. The Labute approximate surface area is 136 Å². The predicted molar refractivity (Wildman–Crippen MR) is 98.4 cm³/mol. The molecule has 0 nitrogen and oxygen atoms in total. The van der Waals surface area contributed by atoms with Gasteiger partial charge in [0.2, 0.25) is 0 Å². The Morgan fingerprint density at radius 3 is 2.09 bits per heavy atom. The van der Waals surface area contributed by atoms with Gasteiger partial charge in [-0.15, -0.1) is 0 Å². The van der Waals surface area contributed by atoms with Gasteiger partial charge in [0.05, 0.1) is 0 Å². The SMILES string of the molecule is CCCCCc1ccccc1-c1ccccc1C(C)(C)CC. The summed E-state index contributed by atoms with van der Waals surface area (Å²) in [6.45, 7) is 9.26. The lowest BCUT2D eigenvalue weighted by atomic mass is 9.77. The molecule has 0 N–H and O–H groups in total. The van der Waals surface area contributed by atoms with E-state index < -0.39 is 0 Å². The van der Waals surface area contributed by atoms with Crippen molar-refractivity contribution in [2.75, 3.05) is 0 Å². The number of hydrogen-bond donors (Lipinski definition) is 0. The third-order valence-corrected chi connectivity index (χ3v) is 4.90. The molecule has 118 valence electrons. The Morgan fingerprint density at radius 1 is 0.773 bits per heavy atom. The molecular weight excluding hydrogens is 264 g/mol. The zero-order valence-electron chi connectivity index (χ0n) is 14.7. The van der Waals surface area contributed by atoms with E-state index in [2.05, 4.69) is 76.2 Å². The summed E-state index contributed by atoms with van der Waals surface area (Å²) in [5, 5.41) is 0. The van der Waals surface area contributed by atoms with Crippen molar-refractivity contribution in [2.24, 2.45) is 0 Å². The zero-order valence-corrected chi connectivity index (χ0v) is 14.7. The zero-order chi connectivity index (χ0) is 16.0. The fourth-order valence-corrected chi connectivity index (χ4v) is 3.07. The summed E-state index contributed by atoms with van der Waals surface area (Å²) in [4.78, 5) is 0. The average molecular weight is 294 g/mol. The van der Waals surface area contributed by atoms with Crippen LogP contribution in [0.4, 0.5) is 0 Å². The molecule has 0 fully saturated rings. The minimum Gasteiger partial charge on any atom is -0.0654 e. The maximum Gasteiger partial charge on any atom is -0.0100 e. The number of rotatable bonds is 7. The summed E-state index contributed by atoms with van der Waals surface area (Å²) in [5.41, 5.74) is 6.03. The largest absolute Gasteiger partial charge is 0.0654 e. The Hall–Kier alpha value is -1.56. The summed E-state index contributed by atoms with van der Waals surface area (Å²) < 4.78 is 0. The van der Waals surface area contributed by atoms with E-state index in [1.807, 2.05) is 0 Å². The highest BCUT2D eigenvalue weighted by atomic mass is 14.3. The number of unbranched alkanes of at least 4 members (excludes halogenated alkanes) is 2. The van der Waals surface area contributed by atoms with Crippen LogP contribution in [0.25, 0.3) is 11.1 Å². The number of hydrogen-bond acceptors (Lipinski definition) is 0. The molecule has 0 heteroatoms. The van der Waals surface area contributed by atoms with Crippen molar-refractivity contribution < 1.29 is 0 Å². The highest BCUT2D eigenvalue weighted by molar-refractivity contribution is 5.72. The molecule has 2 aromatic carbocycles. The molecule has 0 aliphatic carbocycles. The molecule has 0 aromatic heterocycles. The first-order valence-electron chi connectivity index (χ1n) is 8.78. The molecular formula is C22H30. The predicted octanol–water partition coefficient (Wildman–Crippen LogP) is 6.77. The molecule has 2 rings (SSSR count). The van der Waals surface area contributed by atoms with Crippen LogP contribution >= 0.6 is 0 Å². The van der Waals surface area contributed by atoms with E-state index in [9.17, 15) is 0 Å². The van der Waals surface area contributed by atoms with Gasteiger partial charge in [0, 0.05) is 0 Å². The molecule has 0 unspecified atom stereocenters. The standard InChI is InChI=1S/C22H30/c1-5-7-8-13-18-14-9-10-15-19(18)20-16-11-12-17-21(20)22(3,4)6-2/h9-12,14-17H,5-8,13H2,1-4H3. The average Bonchev–Trinajstić information content (AvgIpc) is 2.55. The van der Waals surface area contributed by atoms with Crippen LogP contribution < -0.4 is 0 Å². The van der Waals surface area contributed by atoms with Crippen LogP contribution in [0, 0.1) is 0 Å². The van der Waals surface area contributed by atoms with Crippen LogP contribution in [0.3, 0.4) is 0 Å². The molecule has 0 radical (unpaired) electrons. The lowest BCUT2D eigenvalue weighted by Gasteiger charge is -2.27. The molecule has 0 atom stereocenters. The van der Waals surface area contributed by atoms with Crippen molar-refractivity contribution in [1.82, 2.24) is 0 Å². The molecule has 0 spiro atoms. The van der Waals surface area contributed by atoms with Crippen LogP contribution in [-0.2, 0) is 11.8 Å². The second-order valence-electron chi connectivity index (χ2n) is 6.90. The van der Waals surface area contributed by atoms with E-state index >= 15 is 0 Å². The normalized spacial score (nSPS) is 11.6. The van der Waals surface area contributed by atoms with Crippen LogP contribution in [0.1, 0.15) is 64.5 Å². The minimum absolute atomic E-state index is 0.215. The van der Waals surface area contributed by atoms with Crippen molar-refractivity contribution >= 4 is 0 Å². The van der Waals surface area contributed by atoms with Gasteiger partial charge in [-0.05, 0) is 46.9 Å². The van der Waals surface area contributed by atoms with Gasteiger partial charge >= 0.3 is 0 Å². The van der Waals surface area contributed by atoms with E-state index in [1.54, 1.807) is 0 Å². The van der Waals surface area contributed by atoms with Crippen molar-refractivity contribution in [2.45, 2.75) is 65.2 Å². The minimum atomic E-state index is 0.215. The molecule has 0 bridgehead atoms. The maximum absolute atomic E-state index is 2.35. The van der Waals surface area contributed by atoms with E-state index in [0.29, 0.717) is 0 Å². The number of benzene rings is 2. The first-order valence-corrected chi connectivity index (χ1v) is 8.78. The monoisotopic (exact) mass is 294 g/mol. The fraction of sp³-hybridized carbons (Fsp3) is 0.455. The fourth-order valence-electron chi connectivity index (χ4n) is 3.07. The van der Waals surface area contributed by atoms with Gasteiger partial charge in [0.15, 0.2) is 0 Å². The summed E-state index contributed by atoms with van der Waals surface area (Å²) >= 11 is 0. The summed E-state index contributed by atoms with van der Waals surface area (Å²) in [5.74, 6) is 0. The van der Waals surface area contributed by atoms with Gasteiger partial charge in [-0.25, -0.2) is 0 Å². The second-order valence-corrected chi connectivity index (χ2v) is 6.90. The maximum atomic E-state index is 2.35. The van der Waals surface area contributed by atoms with Crippen LogP contribution in [0.2, 0.25) is 0 Å². The third kappa shape index (κ3) is 3.80. The molecule has 0 heterocycles. The molecule has 0 aliphatic heterocycles. The lowest BCUT2D eigenvalue weighted by molar-refractivity contribution is 0.507. The lowest BCUT2D eigenvalue weighted by Crippen LogP contribution is -2.16. The highest BCUT2D eigenvalue weighted by Crippen LogP contribution is 2.36.